The van der Waals surface area contributed by atoms with Crippen molar-refractivity contribution in [3.8, 4) is 33.6 Å². The third-order valence-corrected chi connectivity index (χ3v) is 13.2. The summed E-state index contributed by atoms with van der Waals surface area (Å²) in [5.74, 6) is 1.46. The molecule has 2 aliphatic heterocycles. The van der Waals surface area contributed by atoms with E-state index in [1.165, 1.54) is 28.2 Å². The van der Waals surface area contributed by atoms with Gasteiger partial charge in [-0.1, -0.05) is 48.5 Å². The van der Waals surface area contributed by atoms with E-state index in [1.54, 1.807) is 16.7 Å². The molecule has 0 spiro atoms. The maximum Gasteiger partial charge on any atom is 0.409 e. The number of carboxylic acid groups (broad SMARTS) is 1. The zero-order valence-corrected chi connectivity index (χ0v) is 34.6. The molecule has 0 radical (unpaired) electrons. The molecule has 4 amide bonds. The highest BCUT2D eigenvalue weighted by Crippen LogP contribution is 2.54. The fraction of sp³-hybridized carbons (Fsp3) is 0.422. The number of aromatic nitrogens is 4. The van der Waals surface area contributed by atoms with Crippen molar-refractivity contribution in [2.45, 2.75) is 88.0 Å². The Hall–Kier alpha value is -6.26. The molecule has 2 saturated carbocycles. The molecule has 5 aromatic rings. The van der Waals surface area contributed by atoms with Gasteiger partial charge in [-0.05, 0) is 85.4 Å². The van der Waals surface area contributed by atoms with E-state index in [9.17, 15) is 29.4 Å². The van der Waals surface area contributed by atoms with Gasteiger partial charge >= 0.3 is 12.2 Å². The third-order valence-electron chi connectivity index (χ3n) is 13.2. The SMILES string of the molecule is COC(=O)N(C)[C@H](C(=O)N1[C@@H]2C[C@@H]2C[C@H]1c1nc(-c2ccc(-c3ccc4cc(-c5c[nH]c([C@@H]6C[C@H]7C[C@H]7N6C(=O)[C@@H](NC(=O)O)[C@@H](C)OC)n5)ccc4c3)cc2)c[nH]1)[C@@H](C)O. The molecule has 10 atom stereocenters. The van der Waals surface area contributed by atoms with E-state index >= 15 is 0 Å². The largest absolute Gasteiger partial charge is 0.465 e. The van der Waals surface area contributed by atoms with Crippen molar-refractivity contribution < 1.29 is 38.9 Å². The number of ether oxygens (including phenoxy) is 2. The quantitative estimate of drug-likeness (QED) is 0.103. The van der Waals surface area contributed by atoms with Crippen LogP contribution >= 0.6 is 0 Å². The number of benzene rings is 3. The summed E-state index contributed by atoms with van der Waals surface area (Å²) in [6, 6.07) is 18.2. The highest BCUT2D eigenvalue weighted by Gasteiger charge is 2.58. The molecule has 2 aliphatic carbocycles. The van der Waals surface area contributed by atoms with Crippen LogP contribution in [0.15, 0.2) is 73.1 Å². The first-order chi connectivity index (χ1) is 29.3. The molecule has 0 unspecified atom stereocenters. The first-order valence-electron chi connectivity index (χ1n) is 20.8. The summed E-state index contributed by atoms with van der Waals surface area (Å²) in [5.41, 5.74) is 5.47. The zero-order chi connectivity index (χ0) is 42.9. The summed E-state index contributed by atoms with van der Waals surface area (Å²) < 4.78 is 10.2. The van der Waals surface area contributed by atoms with Crippen molar-refractivity contribution in [1.29, 1.82) is 0 Å². The molecule has 0 bridgehead atoms. The number of hydrogen-bond donors (Lipinski definition) is 5. The van der Waals surface area contributed by atoms with Crippen molar-refractivity contribution in [3.63, 3.8) is 0 Å². The van der Waals surface area contributed by atoms with Gasteiger partial charge in [0.15, 0.2) is 0 Å². The average molecular weight is 831 g/mol. The van der Waals surface area contributed by atoms with Gasteiger partial charge < -0.3 is 44.8 Å². The molecular formula is C45H50N8O8. The Balaban J connectivity index is 0.884. The predicted octanol–water partition coefficient (Wildman–Crippen LogP) is 5.73. The molecule has 2 aromatic heterocycles. The van der Waals surface area contributed by atoms with Crippen LogP contribution in [-0.2, 0) is 19.1 Å². The number of carbonyl (C=O) groups excluding carboxylic acids is 3. The van der Waals surface area contributed by atoms with E-state index in [0.717, 1.165) is 75.0 Å². The summed E-state index contributed by atoms with van der Waals surface area (Å²) >= 11 is 0. The number of hydrogen-bond acceptors (Lipinski definition) is 9. The second-order valence-electron chi connectivity index (χ2n) is 17.0. The minimum Gasteiger partial charge on any atom is -0.465 e. The topological polar surface area (TPSA) is 206 Å². The molecule has 3 aromatic carbocycles. The van der Waals surface area contributed by atoms with Crippen LogP contribution in [0.4, 0.5) is 9.59 Å². The molecule has 2 saturated heterocycles. The number of rotatable bonds is 12. The smallest absolute Gasteiger partial charge is 0.409 e. The molecule has 318 valence electrons. The minimum absolute atomic E-state index is 0.0533. The van der Waals surface area contributed by atoms with Gasteiger partial charge in [-0.3, -0.25) is 14.5 Å². The van der Waals surface area contributed by atoms with Crippen molar-refractivity contribution in [2.75, 3.05) is 21.3 Å². The maximum absolute atomic E-state index is 13.9. The molecular weight excluding hydrogens is 781 g/mol. The van der Waals surface area contributed by atoms with Crippen LogP contribution in [0.2, 0.25) is 0 Å². The van der Waals surface area contributed by atoms with E-state index in [0.29, 0.717) is 23.5 Å². The zero-order valence-electron chi connectivity index (χ0n) is 34.6. The summed E-state index contributed by atoms with van der Waals surface area (Å²) in [6.07, 6.45) is 3.35. The number of carbonyl (C=O) groups is 4. The van der Waals surface area contributed by atoms with Crippen LogP contribution in [0.25, 0.3) is 44.4 Å². The number of fused-ring (bicyclic) bond motifs is 3. The average Bonchev–Trinajstić information content (AvgIpc) is 3.84. The van der Waals surface area contributed by atoms with Crippen LogP contribution < -0.4 is 5.32 Å². The second-order valence-corrected chi connectivity index (χ2v) is 17.0. The Morgan fingerprint density at radius 1 is 0.754 bits per heavy atom. The van der Waals surface area contributed by atoms with Crippen LogP contribution in [0.3, 0.4) is 0 Å². The number of piperidine rings is 2. The lowest BCUT2D eigenvalue weighted by molar-refractivity contribution is -0.142. The van der Waals surface area contributed by atoms with Gasteiger partial charge in [-0.15, -0.1) is 0 Å². The number of imidazole rings is 2. The van der Waals surface area contributed by atoms with E-state index in [2.05, 4.69) is 57.7 Å². The van der Waals surface area contributed by atoms with Gasteiger partial charge in [0, 0.05) is 49.8 Å². The Kier molecular flexibility index (Phi) is 10.3. The number of aromatic amines is 2. The Labute approximate surface area is 352 Å². The van der Waals surface area contributed by atoms with Gasteiger partial charge in [0.25, 0.3) is 0 Å². The molecule has 16 heteroatoms. The van der Waals surface area contributed by atoms with E-state index in [4.69, 9.17) is 19.4 Å². The summed E-state index contributed by atoms with van der Waals surface area (Å²) in [7, 11) is 4.17. The Morgan fingerprint density at radius 3 is 1.80 bits per heavy atom. The van der Waals surface area contributed by atoms with Crippen LogP contribution in [-0.4, -0.2) is 126 Å². The standard InChI is InChI=1S/C45H50N8O8/c1-22(54)39(51(3)45(59)61-5)43(56)53-35-17-31(35)19-37(53)41-46-20-32(48-41)25-8-6-24(7-9-25)26-10-11-28-15-29(13-12-27(28)14-26)33-21-47-40(49-33)36-18-30-16-34(30)52(36)42(55)38(23(2)60-4)50-44(57)58/h6-15,20-23,30-31,34-39,50,54H,16-19H2,1-5H3,(H,46,48)(H,47,49)(H,57,58)/t22-,23-,30-,31-,34-,35-,36+,37+,38+,39+/m1/s1. The molecule has 5 N–H and O–H groups in total. The number of nitrogens with one attached hydrogen (secondary N) is 3. The lowest BCUT2D eigenvalue weighted by Crippen LogP contribution is -2.54. The molecule has 4 fully saturated rings. The first-order valence-corrected chi connectivity index (χ1v) is 20.8. The number of H-pyrrole nitrogens is 2. The highest BCUT2D eigenvalue weighted by molar-refractivity contribution is 5.91. The number of aliphatic hydroxyl groups excluding tert-OH is 1. The third kappa shape index (κ3) is 7.37. The van der Waals surface area contributed by atoms with Crippen molar-refractivity contribution in [2.24, 2.45) is 11.8 Å². The lowest BCUT2D eigenvalue weighted by Gasteiger charge is -2.35. The van der Waals surface area contributed by atoms with Crippen LogP contribution in [0, 0.1) is 11.8 Å². The van der Waals surface area contributed by atoms with Crippen molar-refractivity contribution in [1.82, 2.24) is 40.0 Å². The van der Waals surface area contributed by atoms with E-state index in [1.807, 2.05) is 30.6 Å². The van der Waals surface area contributed by atoms with Crippen LogP contribution in [0.1, 0.15) is 63.3 Å². The molecule has 16 nitrogen and oxygen atoms in total. The van der Waals surface area contributed by atoms with Crippen molar-refractivity contribution >= 4 is 34.8 Å². The van der Waals surface area contributed by atoms with Crippen LogP contribution in [0.5, 0.6) is 0 Å². The number of likely N-dealkylation sites (tertiary alicyclic amines) is 2. The van der Waals surface area contributed by atoms with Gasteiger partial charge in [0.05, 0.1) is 42.8 Å². The summed E-state index contributed by atoms with van der Waals surface area (Å²) in [6.45, 7) is 3.19. The predicted molar refractivity (Wildman–Crippen MR) is 224 cm³/mol. The van der Waals surface area contributed by atoms with Gasteiger partial charge in [0.1, 0.15) is 23.7 Å². The molecule has 4 aliphatic rings. The fourth-order valence-corrected chi connectivity index (χ4v) is 9.68. The monoisotopic (exact) mass is 830 g/mol. The van der Waals surface area contributed by atoms with E-state index < -0.39 is 36.5 Å². The second kappa shape index (κ2) is 15.6. The summed E-state index contributed by atoms with van der Waals surface area (Å²) in [4.78, 5) is 72.7. The number of aliphatic hydroxyl groups is 1. The summed E-state index contributed by atoms with van der Waals surface area (Å²) in [5, 5.41) is 24.4. The van der Waals surface area contributed by atoms with E-state index in [-0.39, 0.29) is 36.0 Å². The number of amides is 4. The number of methoxy groups -OCH3 is 2. The van der Waals surface area contributed by atoms with Crippen molar-refractivity contribution in [3.05, 3.63) is 84.7 Å². The lowest BCUT2D eigenvalue weighted by atomic mass is 9.98. The number of nitrogens with zero attached hydrogens (tertiary/aromatic N) is 5. The maximum atomic E-state index is 13.9. The van der Waals surface area contributed by atoms with Gasteiger partial charge in [0.2, 0.25) is 11.8 Å². The molecule has 9 rings (SSSR count). The number of likely N-dealkylation sites (N-methyl/N-ethyl adjacent to an activating group) is 1. The van der Waals surface area contributed by atoms with Gasteiger partial charge in [-0.2, -0.15) is 0 Å². The Morgan fingerprint density at radius 2 is 1.26 bits per heavy atom. The molecule has 4 heterocycles. The first kappa shape index (κ1) is 40.2. The highest BCUT2D eigenvalue weighted by atomic mass is 16.5. The Bertz CT molecular complexity index is 2500. The molecule has 61 heavy (non-hydrogen) atoms. The minimum atomic E-state index is -1.27. The normalized spacial score (nSPS) is 24.4. The fourth-order valence-electron chi connectivity index (χ4n) is 9.68. The van der Waals surface area contributed by atoms with Gasteiger partial charge in [-0.25, -0.2) is 19.6 Å².